The van der Waals surface area contributed by atoms with E-state index in [0.717, 1.165) is 30.5 Å². The lowest BCUT2D eigenvalue weighted by atomic mass is 10.1. The highest BCUT2D eigenvalue weighted by Crippen LogP contribution is 2.25. The minimum atomic E-state index is -2.81. The highest BCUT2D eigenvalue weighted by atomic mass is 32.2. The van der Waals surface area contributed by atoms with Crippen LogP contribution in [0.2, 0.25) is 0 Å². The second-order valence-electron chi connectivity index (χ2n) is 6.22. The summed E-state index contributed by atoms with van der Waals surface area (Å²) in [4.78, 5) is 2.15. The second kappa shape index (κ2) is 6.89. The summed E-state index contributed by atoms with van der Waals surface area (Å²) in [5.74, 6) is 1.54. The average Bonchev–Trinajstić information content (AvgIpc) is 2.91. The number of benzene rings is 2. The van der Waals surface area contributed by atoms with Crippen molar-refractivity contribution in [3.63, 3.8) is 0 Å². The van der Waals surface area contributed by atoms with Crippen LogP contribution in [0, 0.1) is 0 Å². The van der Waals surface area contributed by atoms with Crippen LogP contribution in [0.4, 0.5) is 0 Å². The highest BCUT2D eigenvalue weighted by molar-refractivity contribution is 7.91. The summed E-state index contributed by atoms with van der Waals surface area (Å²) in [7, 11) is -0.808. The third kappa shape index (κ3) is 4.03. The van der Waals surface area contributed by atoms with Crippen LogP contribution in [0.3, 0.4) is 0 Å². The molecule has 1 atom stereocenters. The van der Waals surface area contributed by atoms with E-state index in [1.54, 1.807) is 0 Å². The third-order valence-electron chi connectivity index (χ3n) is 4.49. The maximum absolute atomic E-state index is 11.5. The molecular formula is C18H23NO3S. The molecule has 0 bridgehead atoms. The van der Waals surface area contributed by atoms with Crippen molar-refractivity contribution in [2.24, 2.45) is 0 Å². The summed E-state index contributed by atoms with van der Waals surface area (Å²) in [5.41, 5.74) is 0. The number of ether oxygens (including phenoxy) is 1. The summed E-state index contributed by atoms with van der Waals surface area (Å²) in [6, 6.07) is 14.4. The van der Waals surface area contributed by atoms with Gasteiger partial charge >= 0.3 is 0 Å². The zero-order chi connectivity index (χ0) is 16.3. The Bertz CT molecular complexity index is 767. The van der Waals surface area contributed by atoms with Crippen LogP contribution in [0.15, 0.2) is 42.5 Å². The standard InChI is InChI=1S/C18H23NO3S/c1-19(16-10-13-23(20,21)14-16)11-5-12-22-18-9-4-7-15-6-2-3-8-17(15)18/h2-4,6-9,16H,5,10-14H2,1H3/t16-/m0/s1. The summed E-state index contributed by atoms with van der Waals surface area (Å²) in [6.45, 7) is 1.49. The molecular weight excluding hydrogens is 310 g/mol. The van der Waals surface area contributed by atoms with E-state index in [0.29, 0.717) is 18.1 Å². The third-order valence-corrected chi connectivity index (χ3v) is 6.24. The van der Waals surface area contributed by atoms with E-state index >= 15 is 0 Å². The highest BCUT2D eigenvalue weighted by Gasteiger charge is 2.30. The molecule has 0 radical (unpaired) electrons. The molecule has 0 N–H and O–H groups in total. The van der Waals surface area contributed by atoms with Gasteiger partial charge in [-0.15, -0.1) is 0 Å². The first-order valence-corrected chi connectivity index (χ1v) is 9.88. The van der Waals surface area contributed by atoms with Crippen LogP contribution in [-0.4, -0.2) is 51.1 Å². The van der Waals surface area contributed by atoms with E-state index in [2.05, 4.69) is 23.1 Å². The summed E-state index contributed by atoms with van der Waals surface area (Å²) < 4.78 is 29.0. The van der Waals surface area contributed by atoms with E-state index < -0.39 is 9.84 Å². The summed E-state index contributed by atoms with van der Waals surface area (Å²) in [6.07, 6.45) is 1.64. The molecule has 0 unspecified atom stereocenters. The van der Waals surface area contributed by atoms with Crippen LogP contribution >= 0.6 is 0 Å². The average molecular weight is 333 g/mol. The van der Waals surface area contributed by atoms with Gasteiger partial charge in [0.1, 0.15) is 5.75 Å². The van der Waals surface area contributed by atoms with E-state index in [1.807, 2.05) is 31.3 Å². The number of hydrogen-bond donors (Lipinski definition) is 0. The normalized spacial score (nSPS) is 20.2. The van der Waals surface area contributed by atoms with Crippen molar-refractivity contribution in [2.75, 3.05) is 31.7 Å². The van der Waals surface area contributed by atoms with Crippen molar-refractivity contribution in [3.8, 4) is 5.75 Å². The predicted octanol–water partition coefficient (Wildman–Crippen LogP) is 2.73. The van der Waals surface area contributed by atoms with Gasteiger partial charge in [-0.25, -0.2) is 8.42 Å². The van der Waals surface area contributed by atoms with Gasteiger partial charge in [0.25, 0.3) is 0 Å². The molecule has 5 heteroatoms. The Morgan fingerprint density at radius 1 is 1.17 bits per heavy atom. The molecule has 23 heavy (non-hydrogen) atoms. The number of rotatable bonds is 6. The Hall–Kier alpha value is -1.59. The fourth-order valence-electron chi connectivity index (χ4n) is 3.12. The van der Waals surface area contributed by atoms with Gasteiger partial charge in [0.05, 0.1) is 18.1 Å². The van der Waals surface area contributed by atoms with Crippen LogP contribution < -0.4 is 4.74 Å². The van der Waals surface area contributed by atoms with E-state index in [-0.39, 0.29) is 6.04 Å². The van der Waals surface area contributed by atoms with Crippen LogP contribution in [0.1, 0.15) is 12.8 Å². The molecule has 1 heterocycles. The summed E-state index contributed by atoms with van der Waals surface area (Å²) in [5, 5.41) is 2.31. The number of hydrogen-bond acceptors (Lipinski definition) is 4. The van der Waals surface area contributed by atoms with Gasteiger partial charge in [0.15, 0.2) is 9.84 Å². The first kappa shape index (κ1) is 16.3. The molecule has 3 rings (SSSR count). The molecule has 1 saturated heterocycles. The van der Waals surface area contributed by atoms with Crippen LogP contribution in [0.5, 0.6) is 5.75 Å². The Kier molecular flexibility index (Phi) is 4.87. The van der Waals surface area contributed by atoms with Gasteiger partial charge in [-0.1, -0.05) is 36.4 Å². The Morgan fingerprint density at radius 2 is 1.96 bits per heavy atom. The van der Waals surface area contributed by atoms with E-state index in [9.17, 15) is 8.42 Å². The molecule has 1 aliphatic rings. The van der Waals surface area contributed by atoms with E-state index in [1.165, 1.54) is 5.39 Å². The largest absolute Gasteiger partial charge is 0.493 e. The smallest absolute Gasteiger partial charge is 0.151 e. The topological polar surface area (TPSA) is 46.6 Å². The zero-order valence-electron chi connectivity index (χ0n) is 13.4. The van der Waals surface area contributed by atoms with Crippen LogP contribution in [0.25, 0.3) is 10.8 Å². The van der Waals surface area contributed by atoms with Gasteiger partial charge in [0.2, 0.25) is 0 Å². The van der Waals surface area contributed by atoms with Crippen LogP contribution in [-0.2, 0) is 9.84 Å². The van der Waals surface area contributed by atoms with Gasteiger partial charge in [0, 0.05) is 18.0 Å². The van der Waals surface area contributed by atoms with Crippen molar-refractivity contribution in [1.29, 1.82) is 0 Å². The maximum atomic E-state index is 11.5. The molecule has 0 spiro atoms. The Morgan fingerprint density at radius 3 is 2.74 bits per heavy atom. The van der Waals surface area contributed by atoms with Crippen molar-refractivity contribution in [2.45, 2.75) is 18.9 Å². The monoisotopic (exact) mass is 333 g/mol. The Balaban J connectivity index is 1.50. The molecule has 0 amide bonds. The molecule has 2 aromatic rings. The molecule has 124 valence electrons. The number of fused-ring (bicyclic) bond motifs is 1. The molecule has 0 saturated carbocycles. The lowest BCUT2D eigenvalue weighted by molar-refractivity contribution is 0.228. The quantitative estimate of drug-likeness (QED) is 0.763. The molecule has 4 nitrogen and oxygen atoms in total. The molecule has 1 fully saturated rings. The van der Waals surface area contributed by atoms with Gasteiger partial charge in [-0.3, -0.25) is 0 Å². The molecule has 2 aromatic carbocycles. The first-order chi connectivity index (χ1) is 11.1. The zero-order valence-corrected chi connectivity index (χ0v) is 14.3. The van der Waals surface area contributed by atoms with Gasteiger partial charge in [-0.2, -0.15) is 0 Å². The Labute approximate surface area is 138 Å². The molecule has 0 aliphatic carbocycles. The van der Waals surface area contributed by atoms with Gasteiger partial charge in [-0.05, 0) is 31.3 Å². The lowest BCUT2D eigenvalue weighted by Gasteiger charge is -2.22. The summed E-state index contributed by atoms with van der Waals surface area (Å²) >= 11 is 0. The fraction of sp³-hybridized carbons (Fsp3) is 0.444. The lowest BCUT2D eigenvalue weighted by Crippen LogP contribution is -2.34. The predicted molar refractivity (Wildman–Crippen MR) is 93.7 cm³/mol. The van der Waals surface area contributed by atoms with Crippen molar-refractivity contribution in [1.82, 2.24) is 4.90 Å². The SMILES string of the molecule is CN(CCCOc1cccc2ccccc12)[C@H]1CCS(=O)(=O)C1. The first-order valence-electron chi connectivity index (χ1n) is 8.06. The second-order valence-corrected chi connectivity index (χ2v) is 8.45. The minimum absolute atomic E-state index is 0.164. The minimum Gasteiger partial charge on any atom is -0.493 e. The maximum Gasteiger partial charge on any atom is 0.151 e. The van der Waals surface area contributed by atoms with Crippen molar-refractivity contribution < 1.29 is 13.2 Å². The van der Waals surface area contributed by atoms with Crippen molar-refractivity contribution in [3.05, 3.63) is 42.5 Å². The van der Waals surface area contributed by atoms with Crippen molar-refractivity contribution >= 4 is 20.6 Å². The van der Waals surface area contributed by atoms with Gasteiger partial charge < -0.3 is 9.64 Å². The van der Waals surface area contributed by atoms with E-state index in [4.69, 9.17) is 4.74 Å². The fourth-order valence-corrected chi connectivity index (χ4v) is 4.93. The molecule has 1 aliphatic heterocycles. The number of sulfone groups is 1. The number of nitrogens with zero attached hydrogens (tertiary/aromatic N) is 1. The molecule has 0 aromatic heterocycles.